The standard InChI is InChI=1S/C23H36FNO/c1-2-6-19-9-11-21(12-10-19)18-26-23-15-13-20(14-16-23)7-4-3-5-8-22(24)17-25/h3,5,8,19-21,23H,2,4,6-7,9-16,18H2,1H3/t19-,20-,21-,23-. The lowest BCUT2D eigenvalue weighted by molar-refractivity contribution is -0.0101. The van der Waals surface area contributed by atoms with Gasteiger partial charge in [0.15, 0.2) is 5.83 Å². The van der Waals surface area contributed by atoms with E-state index in [0.29, 0.717) is 6.10 Å². The van der Waals surface area contributed by atoms with Crippen LogP contribution in [-0.2, 0) is 4.74 Å². The predicted molar refractivity (Wildman–Crippen MR) is 105 cm³/mol. The zero-order chi connectivity index (χ0) is 18.6. The van der Waals surface area contributed by atoms with Crippen LogP contribution < -0.4 is 0 Å². The average molecular weight is 362 g/mol. The van der Waals surface area contributed by atoms with Gasteiger partial charge in [-0.2, -0.15) is 9.65 Å². The van der Waals surface area contributed by atoms with Crippen LogP contribution in [0.2, 0.25) is 0 Å². The highest BCUT2D eigenvalue weighted by atomic mass is 19.1. The third-order valence-electron chi connectivity index (χ3n) is 6.25. The molecular weight excluding hydrogens is 325 g/mol. The average Bonchev–Trinajstić information content (AvgIpc) is 2.68. The number of nitriles is 1. The molecule has 2 nitrogen and oxygen atoms in total. The van der Waals surface area contributed by atoms with Gasteiger partial charge in [0.25, 0.3) is 0 Å². The third-order valence-corrected chi connectivity index (χ3v) is 6.25. The lowest BCUT2D eigenvalue weighted by Gasteiger charge is -2.32. The van der Waals surface area contributed by atoms with Crippen molar-refractivity contribution < 1.29 is 9.13 Å². The molecular formula is C23H36FNO. The van der Waals surface area contributed by atoms with E-state index in [9.17, 15) is 4.39 Å². The maximum atomic E-state index is 12.7. The van der Waals surface area contributed by atoms with E-state index in [2.05, 4.69) is 6.92 Å². The Morgan fingerprint density at radius 1 is 1.00 bits per heavy atom. The Balaban J connectivity index is 1.53. The monoisotopic (exact) mass is 361 g/mol. The number of nitrogens with zero attached hydrogens (tertiary/aromatic N) is 1. The fourth-order valence-corrected chi connectivity index (χ4v) is 4.57. The molecule has 2 aliphatic carbocycles. The van der Waals surface area contributed by atoms with Crippen molar-refractivity contribution >= 4 is 0 Å². The number of ether oxygens (including phenoxy) is 1. The number of rotatable bonds is 9. The minimum atomic E-state index is -0.724. The van der Waals surface area contributed by atoms with Gasteiger partial charge in [-0.3, -0.25) is 0 Å². The Morgan fingerprint density at radius 2 is 1.62 bits per heavy atom. The van der Waals surface area contributed by atoms with Crippen molar-refractivity contribution in [1.82, 2.24) is 0 Å². The number of allylic oxidation sites excluding steroid dienone is 4. The summed E-state index contributed by atoms with van der Waals surface area (Å²) >= 11 is 0. The molecule has 146 valence electrons. The molecule has 2 saturated carbocycles. The molecule has 26 heavy (non-hydrogen) atoms. The fraction of sp³-hybridized carbons (Fsp3) is 0.783. The molecule has 0 unspecified atom stereocenters. The van der Waals surface area contributed by atoms with Gasteiger partial charge in [-0.05, 0) is 75.2 Å². The second-order valence-electron chi connectivity index (χ2n) is 8.28. The zero-order valence-electron chi connectivity index (χ0n) is 16.5. The van der Waals surface area contributed by atoms with Crippen LogP contribution in [0.4, 0.5) is 4.39 Å². The molecule has 0 spiro atoms. The van der Waals surface area contributed by atoms with Crippen LogP contribution in [0.15, 0.2) is 24.1 Å². The maximum absolute atomic E-state index is 12.7. The van der Waals surface area contributed by atoms with Crippen molar-refractivity contribution in [3.8, 4) is 6.07 Å². The number of halogens is 1. The predicted octanol–water partition coefficient (Wildman–Crippen LogP) is 6.88. The van der Waals surface area contributed by atoms with Crippen LogP contribution in [0.5, 0.6) is 0 Å². The van der Waals surface area contributed by atoms with Crippen molar-refractivity contribution in [2.45, 2.75) is 90.1 Å². The molecule has 0 aliphatic heterocycles. The Kier molecular flexibility index (Phi) is 10.00. The third kappa shape index (κ3) is 8.04. The number of hydrogen-bond acceptors (Lipinski definition) is 2. The van der Waals surface area contributed by atoms with Gasteiger partial charge in [-0.1, -0.05) is 44.8 Å². The molecule has 3 heteroatoms. The van der Waals surface area contributed by atoms with E-state index >= 15 is 0 Å². The summed E-state index contributed by atoms with van der Waals surface area (Å²) in [5, 5.41) is 8.34. The summed E-state index contributed by atoms with van der Waals surface area (Å²) in [4.78, 5) is 0. The van der Waals surface area contributed by atoms with Crippen LogP contribution >= 0.6 is 0 Å². The molecule has 0 aromatic rings. The molecule has 0 aromatic carbocycles. The van der Waals surface area contributed by atoms with E-state index in [-0.39, 0.29) is 0 Å². The fourth-order valence-electron chi connectivity index (χ4n) is 4.57. The van der Waals surface area contributed by atoms with Gasteiger partial charge < -0.3 is 4.74 Å². The maximum Gasteiger partial charge on any atom is 0.199 e. The molecule has 0 amide bonds. The molecule has 0 saturated heterocycles. The quantitative estimate of drug-likeness (QED) is 0.331. The molecule has 0 atom stereocenters. The van der Waals surface area contributed by atoms with E-state index in [1.54, 1.807) is 6.08 Å². The Morgan fingerprint density at radius 3 is 2.27 bits per heavy atom. The van der Waals surface area contributed by atoms with Gasteiger partial charge in [0, 0.05) is 6.61 Å². The molecule has 2 fully saturated rings. The zero-order valence-corrected chi connectivity index (χ0v) is 16.5. The van der Waals surface area contributed by atoms with Gasteiger partial charge in [0.1, 0.15) is 6.07 Å². The second-order valence-corrected chi connectivity index (χ2v) is 8.28. The van der Waals surface area contributed by atoms with Gasteiger partial charge >= 0.3 is 0 Å². The van der Waals surface area contributed by atoms with Gasteiger partial charge in [0.2, 0.25) is 0 Å². The highest BCUT2D eigenvalue weighted by Gasteiger charge is 2.24. The van der Waals surface area contributed by atoms with Crippen LogP contribution in [-0.4, -0.2) is 12.7 Å². The van der Waals surface area contributed by atoms with Gasteiger partial charge in [-0.25, -0.2) is 0 Å². The first-order valence-corrected chi connectivity index (χ1v) is 10.7. The summed E-state index contributed by atoms with van der Waals surface area (Å²) < 4.78 is 18.9. The SMILES string of the molecule is CCC[C@H]1CC[C@H](CO[C@H]2CC[C@H](CCC=CC=C(F)C#N)CC2)CC1. The summed E-state index contributed by atoms with van der Waals surface area (Å²) in [6.07, 6.45) is 20.7. The molecule has 0 bridgehead atoms. The van der Waals surface area contributed by atoms with E-state index < -0.39 is 5.83 Å². The topological polar surface area (TPSA) is 33.0 Å². The van der Waals surface area contributed by atoms with Crippen LogP contribution in [0.1, 0.15) is 84.0 Å². The second kappa shape index (κ2) is 12.3. The largest absolute Gasteiger partial charge is 0.378 e. The first-order chi connectivity index (χ1) is 12.7. The first-order valence-electron chi connectivity index (χ1n) is 10.7. The van der Waals surface area contributed by atoms with Crippen LogP contribution in [0.25, 0.3) is 0 Å². The van der Waals surface area contributed by atoms with Crippen molar-refractivity contribution in [3.05, 3.63) is 24.1 Å². The van der Waals surface area contributed by atoms with Gasteiger partial charge in [-0.15, -0.1) is 0 Å². The first kappa shape index (κ1) is 21.2. The normalized spacial score (nSPS) is 30.4. The molecule has 2 rings (SSSR count). The summed E-state index contributed by atoms with van der Waals surface area (Å²) in [7, 11) is 0. The Bertz CT molecular complexity index is 477. The van der Waals surface area contributed by atoms with Crippen LogP contribution in [0.3, 0.4) is 0 Å². The minimum Gasteiger partial charge on any atom is -0.378 e. The molecule has 0 aromatic heterocycles. The van der Waals surface area contributed by atoms with E-state index in [4.69, 9.17) is 10.00 Å². The van der Waals surface area contributed by atoms with Crippen molar-refractivity contribution in [1.29, 1.82) is 5.26 Å². The Hall–Kier alpha value is -1.14. The molecule has 2 aliphatic rings. The molecule has 0 heterocycles. The highest BCUT2D eigenvalue weighted by molar-refractivity contribution is 5.18. The van der Waals surface area contributed by atoms with E-state index in [1.165, 1.54) is 76.4 Å². The van der Waals surface area contributed by atoms with Crippen molar-refractivity contribution in [2.75, 3.05) is 6.61 Å². The van der Waals surface area contributed by atoms with Crippen molar-refractivity contribution in [2.24, 2.45) is 17.8 Å². The molecule has 0 radical (unpaired) electrons. The van der Waals surface area contributed by atoms with Crippen molar-refractivity contribution in [3.63, 3.8) is 0 Å². The van der Waals surface area contributed by atoms with Crippen LogP contribution in [0, 0.1) is 29.1 Å². The van der Waals surface area contributed by atoms with E-state index in [0.717, 1.165) is 37.2 Å². The summed E-state index contributed by atoms with van der Waals surface area (Å²) in [5.74, 6) is 1.83. The molecule has 0 N–H and O–H groups in total. The lowest BCUT2D eigenvalue weighted by Crippen LogP contribution is -2.26. The smallest absolute Gasteiger partial charge is 0.199 e. The minimum absolute atomic E-state index is 0.475. The highest BCUT2D eigenvalue weighted by Crippen LogP contribution is 2.33. The Labute approximate surface area is 159 Å². The van der Waals surface area contributed by atoms with Gasteiger partial charge in [0.05, 0.1) is 6.10 Å². The summed E-state index contributed by atoms with van der Waals surface area (Å²) in [5.41, 5.74) is 0. The summed E-state index contributed by atoms with van der Waals surface area (Å²) in [6, 6.07) is 1.48. The summed E-state index contributed by atoms with van der Waals surface area (Å²) in [6.45, 7) is 3.28. The number of hydrogen-bond donors (Lipinski definition) is 0. The lowest BCUT2D eigenvalue weighted by atomic mass is 9.80. The van der Waals surface area contributed by atoms with E-state index in [1.807, 2.05) is 6.08 Å².